The van der Waals surface area contributed by atoms with Gasteiger partial charge in [0.05, 0.1) is 13.0 Å². The van der Waals surface area contributed by atoms with Gasteiger partial charge in [-0.15, -0.1) is 0 Å². The van der Waals surface area contributed by atoms with Crippen molar-refractivity contribution < 1.29 is 14.3 Å². The maximum absolute atomic E-state index is 11.4. The van der Waals surface area contributed by atoms with Gasteiger partial charge in [0, 0.05) is 26.3 Å². The van der Waals surface area contributed by atoms with E-state index in [-0.39, 0.29) is 23.3 Å². The molecule has 0 heterocycles. The number of hydrogen-bond donors (Lipinski definition) is 1. The van der Waals surface area contributed by atoms with E-state index in [0.717, 1.165) is 19.6 Å². The van der Waals surface area contributed by atoms with Crippen molar-refractivity contribution in [3.8, 4) is 0 Å². The third-order valence-corrected chi connectivity index (χ3v) is 3.21. The van der Waals surface area contributed by atoms with Crippen LogP contribution in [0.25, 0.3) is 0 Å². The smallest absolute Gasteiger partial charge is 0.309 e. The zero-order valence-corrected chi connectivity index (χ0v) is 12.0. The molecule has 1 N–H and O–H groups in total. The second-order valence-corrected chi connectivity index (χ2v) is 5.39. The number of hydrogen-bond acceptors (Lipinski definition) is 4. The second-order valence-electron chi connectivity index (χ2n) is 5.39. The standard InChI is InChI=1S/C13H27NO3/c1-10(12(15)17-6)11(2)14-9-13(3,4)7-8-16-5/h10-11,14H,7-9H2,1-6H3. The molecule has 0 saturated carbocycles. The van der Waals surface area contributed by atoms with Crippen LogP contribution in [0.5, 0.6) is 0 Å². The predicted molar refractivity (Wildman–Crippen MR) is 68.9 cm³/mol. The molecular formula is C13H27NO3. The zero-order chi connectivity index (χ0) is 13.5. The van der Waals surface area contributed by atoms with Gasteiger partial charge in [-0.1, -0.05) is 20.8 Å². The van der Waals surface area contributed by atoms with Gasteiger partial charge in [0.1, 0.15) is 0 Å². The normalized spacial score (nSPS) is 15.4. The summed E-state index contributed by atoms with van der Waals surface area (Å²) >= 11 is 0. The summed E-state index contributed by atoms with van der Waals surface area (Å²) in [4.78, 5) is 11.4. The number of carbonyl (C=O) groups is 1. The van der Waals surface area contributed by atoms with E-state index in [1.165, 1.54) is 7.11 Å². The highest BCUT2D eigenvalue weighted by Gasteiger charge is 2.23. The topological polar surface area (TPSA) is 47.6 Å². The summed E-state index contributed by atoms with van der Waals surface area (Å²) in [5, 5.41) is 3.39. The Kier molecular flexibility index (Phi) is 7.39. The number of ether oxygens (including phenoxy) is 2. The average Bonchev–Trinajstić information content (AvgIpc) is 2.31. The first-order chi connectivity index (χ1) is 7.84. The first kappa shape index (κ1) is 16.4. The molecule has 0 radical (unpaired) electrons. The summed E-state index contributed by atoms with van der Waals surface area (Å²) in [7, 11) is 3.14. The van der Waals surface area contributed by atoms with Crippen LogP contribution in [0.3, 0.4) is 0 Å². The van der Waals surface area contributed by atoms with Gasteiger partial charge in [-0.05, 0) is 18.8 Å². The first-order valence-electron chi connectivity index (χ1n) is 6.14. The Bertz CT molecular complexity index is 229. The van der Waals surface area contributed by atoms with Crippen molar-refractivity contribution in [3.05, 3.63) is 0 Å². The molecule has 4 heteroatoms. The van der Waals surface area contributed by atoms with Crippen molar-refractivity contribution in [2.45, 2.75) is 40.2 Å². The Hall–Kier alpha value is -0.610. The molecule has 0 amide bonds. The van der Waals surface area contributed by atoms with Crippen LogP contribution < -0.4 is 5.32 Å². The molecule has 0 aliphatic carbocycles. The third kappa shape index (κ3) is 6.64. The van der Waals surface area contributed by atoms with E-state index in [4.69, 9.17) is 9.47 Å². The minimum atomic E-state index is -0.167. The van der Waals surface area contributed by atoms with Gasteiger partial charge in [0.15, 0.2) is 0 Å². The summed E-state index contributed by atoms with van der Waals surface area (Å²) < 4.78 is 9.82. The molecule has 17 heavy (non-hydrogen) atoms. The van der Waals surface area contributed by atoms with Crippen molar-refractivity contribution in [2.24, 2.45) is 11.3 Å². The summed E-state index contributed by atoms with van der Waals surface area (Å²) in [6, 6.07) is 0.115. The van der Waals surface area contributed by atoms with Crippen molar-refractivity contribution in [2.75, 3.05) is 27.4 Å². The molecule has 4 nitrogen and oxygen atoms in total. The monoisotopic (exact) mass is 245 g/mol. The van der Waals surface area contributed by atoms with Crippen LogP contribution in [-0.4, -0.2) is 39.4 Å². The van der Waals surface area contributed by atoms with Gasteiger partial charge in [-0.25, -0.2) is 0 Å². The molecular weight excluding hydrogens is 218 g/mol. The van der Waals surface area contributed by atoms with Gasteiger partial charge in [-0.3, -0.25) is 4.79 Å². The number of carbonyl (C=O) groups excluding carboxylic acids is 1. The maximum Gasteiger partial charge on any atom is 0.309 e. The van der Waals surface area contributed by atoms with Crippen LogP contribution >= 0.6 is 0 Å². The molecule has 0 aromatic rings. The molecule has 2 unspecified atom stereocenters. The molecule has 0 aliphatic rings. The van der Waals surface area contributed by atoms with Crippen LogP contribution in [0.2, 0.25) is 0 Å². The van der Waals surface area contributed by atoms with E-state index in [9.17, 15) is 4.79 Å². The SMILES string of the molecule is COCCC(C)(C)CNC(C)C(C)C(=O)OC. The van der Waals surface area contributed by atoms with E-state index in [1.54, 1.807) is 7.11 Å². The number of esters is 1. The Morgan fingerprint density at radius 3 is 2.35 bits per heavy atom. The third-order valence-electron chi connectivity index (χ3n) is 3.21. The molecule has 0 aromatic carbocycles. The zero-order valence-electron chi connectivity index (χ0n) is 12.0. The quantitative estimate of drug-likeness (QED) is 0.663. The van der Waals surface area contributed by atoms with Crippen molar-refractivity contribution in [3.63, 3.8) is 0 Å². The highest BCUT2D eigenvalue weighted by molar-refractivity contribution is 5.72. The van der Waals surface area contributed by atoms with E-state index in [2.05, 4.69) is 19.2 Å². The molecule has 102 valence electrons. The molecule has 0 fully saturated rings. The average molecular weight is 245 g/mol. The lowest BCUT2D eigenvalue weighted by Crippen LogP contribution is -2.41. The van der Waals surface area contributed by atoms with Crippen molar-refractivity contribution >= 4 is 5.97 Å². The fraction of sp³-hybridized carbons (Fsp3) is 0.923. The Balaban J connectivity index is 4.05. The van der Waals surface area contributed by atoms with E-state index in [0.29, 0.717) is 0 Å². The van der Waals surface area contributed by atoms with E-state index >= 15 is 0 Å². The predicted octanol–water partition coefficient (Wildman–Crippen LogP) is 1.84. The molecule has 0 aliphatic heterocycles. The summed E-state index contributed by atoms with van der Waals surface area (Å²) in [6.45, 7) is 9.89. The first-order valence-corrected chi connectivity index (χ1v) is 6.14. The minimum Gasteiger partial charge on any atom is -0.469 e. The van der Waals surface area contributed by atoms with Crippen molar-refractivity contribution in [1.82, 2.24) is 5.32 Å². The Morgan fingerprint density at radius 2 is 1.88 bits per heavy atom. The van der Waals surface area contributed by atoms with Crippen LogP contribution in [0, 0.1) is 11.3 Å². The van der Waals surface area contributed by atoms with E-state index in [1.807, 2.05) is 13.8 Å². The van der Waals surface area contributed by atoms with Gasteiger partial charge in [0.2, 0.25) is 0 Å². The lowest BCUT2D eigenvalue weighted by Gasteiger charge is -2.28. The highest BCUT2D eigenvalue weighted by atomic mass is 16.5. The second kappa shape index (κ2) is 7.67. The van der Waals surface area contributed by atoms with Crippen molar-refractivity contribution in [1.29, 1.82) is 0 Å². The fourth-order valence-corrected chi connectivity index (χ4v) is 1.47. The maximum atomic E-state index is 11.4. The highest BCUT2D eigenvalue weighted by Crippen LogP contribution is 2.19. The van der Waals surface area contributed by atoms with E-state index < -0.39 is 0 Å². The Morgan fingerprint density at radius 1 is 1.29 bits per heavy atom. The summed E-state index contributed by atoms with van der Waals surface area (Å²) in [5.41, 5.74) is 0.167. The fourth-order valence-electron chi connectivity index (χ4n) is 1.47. The lowest BCUT2D eigenvalue weighted by atomic mass is 9.89. The minimum absolute atomic E-state index is 0.115. The molecule has 0 spiro atoms. The van der Waals surface area contributed by atoms with Gasteiger partial charge < -0.3 is 14.8 Å². The van der Waals surface area contributed by atoms with Gasteiger partial charge in [0.25, 0.3) is 0 Å². The number of methoxy groups -OCH3 is 2. The molecule has 0 bridgehead atoms. The van der Waals surface area contributed by atoms with Crippen LogP contribution in [-0.2, 0) is 14.3 Å². The van der Waals surface area contributed by atoms with Gasteiger partial charge >= 0.3 is 5.97 Å². The molecule has 2 atom stereocenters. The van der Waals surface area contributed by atoms with Crippen LogP contribution in [0.4, 0.5) is 0 Å². The summed E-state index contributed by atoms with van der Waals surface area (Å²) in [6.07, 6.45) is 0.996. The number of rotatable bonds is 8. The molecule has 0 rings (SSSR count). The lowest BCUT2D eigenvalue weighted by molar-refractivity contribution is -0.145. The Labute approximate surface area is 105 Å². The van der Waals surface area contributed by atoms with Crippen LogP contribution in [0.1, 0.15) is 34.1 Å². The van der Waals surface area contributed by atoms with Gasteiger partial charge in [-0.2, -0.15) is 0 Å². The number of nitrogens with one attached hydrogen (secondary N) is 1. The largest absolute Gasteiger partial charge is 0.469 e. The molecule has 0 aromatic heterocycles. The van der Waals surface area contributed by atoms with Crippen LogP contribution in [0.15, 0.2) is 0 Å². The summed E-state index contributed by atoms with van der Waals surface area (Å²) in [5.74, 6) is -0.294. The molecule has 0 saturated heterocycles.